The van der Waals surface area contributed by atoms with Crippen LogP contribution in [0.4, 0.5) is 0 Å². The summed E-state index contributed by atoms with van der Waals surface area (Å²) in [5, 5.41) is 73.5. The SMILES string of the molecule is OC[C@H]1O[C@@H](O[C@H]2[C@H](O)[C@@H](O)[C@H](Oc3ccc(-c4c5nc(c(-c6ccncc6)c6ccc([nH]6)c(-c6ccncc6)c6nc(c(-c7ccncc7)c7ccc4[nH]7)C=C6)C=C5)cc3)O[C@@H]2CO)[C@H](O)[C@@H](O)[C@H]1O. The number of aliphatic hydroxyl groups is 7. The summed E-state index contributed by atoms with van der Waals surface area (Å²) in [6.07, 6.45) is 2.58. The normalized spacial score (nSPS) is 25.1. The average molecular weight is 958 g/mol. The van der Waals surface area contributed by atoms with Crippen molar-refractivity contribution < 1.29 is 54.7 Å². The van der Waals surface area contributed by atoms with Gasteiger partial charge < -0.3 is 64.7 Å². The zero-order valence-corrected chi connectivity index (χ0v) is 37.5. The molecule has 1 aromatic carbocycles. The molecule has 360 valence electrons. The molecule has 0 saturated carbocycles. The number of rotatable bonds is 10. The van der Waals surface area contributed by atoms with Gasteiger partial charge in [-0.05, 0) is 119 Å². The Hall–Kier alpha value is -7.33. The Morgan fingerprint density at radius 3 is 1.21 bits per heavy atom. The van der Waals surface area contributed by atoms with E-state index in [-0.39, 0.29) is 5.75 Å². The number of hydrogen-bond donors (Lipinski definition) is 9. The monoisotopic (exact) mass is 957 g/mol. The first-order chi connectivity index (χ1) is 34.7. The first-order valence-corrected chi connectivity index (χ1v) is 22.9. The van der Waals surface area contributed by atoms with Crippen molar-refractivity contribution in [2.24, 2.45) is 0 Å². The average Bonchev–Trinajstić information content (AvgIpc) is 4.26. The van der Waals surface area contributed by atoms with Crippen LogP contribution in [0.25, 0.3) is 90.9 Å². The van der Waals surface area contributed by atoms with Gasteiger partial charge in [0.2, 0.25) is 6.29 Å². The number of hydrogen-bond acceptors (Lipinski definition) is 16. The number of ether oxygens (including phenoxy) is 4. The first-order valence-electron chi connectivity index (χ1n) is 22.9. The van der Waals surface area contributed by atoms with E-state index in [2.05, 4.69) is 24.9 Å². The molecular weight excluding hydrogens is 911 g/mol. The molecule has 9 N–H and O–H groups in total. The second-order valence-electron chi connectivity index (χ2n) is 17.4. The molecule has 0 amide bonds. The van der Waals surface area contributed by atoms with Gasteiger partial charge in [0.1, 0.15) is 54.6 Å². The fourth-order valence-electron chi connectivity index (χ4n) is 9.46. The van der Waals surface area contributed by atoms with Crippen LogP contribution in [0.5, 0.6) is 5.75 Å². The van der Waals surface area contributed by atoms with E-state index in [1.807, 2.05) is 97.1 Å². The minimum atomic E-state index is -1.80. The van der Waals surface area contributed by atoms with Gasteiger partial charge >= 0.3 is 0 Å². The Bertz CT molecular complexity index is 3240. The molecule has 18 nitrogen and oxygen atoms in total. The van der Waals surface area contributed by atoms with Crippen LogP contribution in [0.15, 0.2) is 122 Å². The molecule has 0 unspecified atom stereocenters. The number of aromatic nitrogens is 7. The van der Waals surface area contributed by atoms with Crippen molar-refractivity contribution in [2.75, 3.05) is 13.2 Å². The number of pyridine rings is 3. The van der Waals surface area contributed by atoms with Crippen molar-refractivity contribution in [3.05, 3.63) is 145 Å². The predicted octanol–water partition coefficient (Wildman–Crippen LogP) is 4.51. The number of benzene rings is 1. The molecule has 0 spiro atoms. The lowest BCUT2D eigenvalue weighted by Crippen LogP contribution is -2.65. The summed E-state index contributed by atoms with van der Waals surface area (Å²) in [7, 11) is 0. The maximum absolute atomic E-state index is 11.3. The summed E-state index contributed by atoms with van der Waals surface area (Å²) >= 11 is 0. The number of aliphatic hydroxyl groups excluding tert-OH is 7. The zero-order chi connectivity index (χ0) is 48.8. The summed E-state index contributed by atoms with van der Waals surface area (Å²) in [4.78, 5) is 30.9. The molecule has 8 bridgehead atoms. The third-order valence-corrected chi connectivity index (χ3v) is 13.0. The Morgan fingerprint density at radius 1 is 0.423 bits per heavy atom. The highest BCUT2D eigenvalue weighted by Gasteiger charge is 2.51. The highest BCUT2D eigenvalue weighted by molar-refractivity contribution is 5.99. The second kappa shape index (κ2) is 19.5. The van der Waals surface area contributed by atoms with Crippen LogP contribution in [-0.2, 0) is 14.2 Å². The van der Waals surface area contributed by atoms with Gasteiger partial charge in [0.15, 0.2) is 6.29 Å². The van der Waals surface area contributed by atoms with Crippen molar-refractivity contribution in [3.8, 4) is 50.3 Å². The van der Waals surface area contributed by atoms with Gasteiger partial charge in [0, 0.05) is 81.5 Å². The Labute approximate surface area is 404 Å². The maximum atomic E-state index is 11.3. The van der Waals surface area contributed by atoms with Gasteiger partial charge in [0.05, 0.1) is 36.0 Å². The lowest BCUT2D eigenvalue weighted by atomic mass is 9.97. The third-order valence-electron chi connectivity index (χ3n) is 13.0. The fourth-order valence-corrected chi connectivity index (χ4v) is 9.46. The van der Waals surface area contributed by atoms with E-state index in [9.17, 15) is 35.7 Å². The molecule has 2 saturated heterocycles. The van der Waals surface area contributed by atoms with E-state index >= 15 is 0 Å². The molecule has 71 heavy (non-hydrogen) atoms. The standard InChI is InChI=1S/C53H47N7O11/c61-25-40-46(63)47(64)49(66)53(69-40)71-51-41(26-62)70-52(50(67)48(51)65)68-31-3-1-27(2-4-31)42-32-5-7-34(57-32)43(28-13-19-54-20-14-28)36-9-11-38(59-36)45(30-17-23-56-24-18-30)39-12-10-37(60-39)44(29-15-21-55-22-16-29)35-8-6-33(42)58-35/h1-24,40-41,46-53,57,60-67H,25-26H2/t40-,41-,46+,47+,48-,49-,50-,51-,52-,53+/m1/s1. The van der Waals surface area contributed by atoms with Crippen molar-refractivity contribution >= 4 is 46.4 Å². The number of nitrogens with zero attached hydrogens (tertiary/aromatic N) is 5. The van der Waals surface area contributed by atoms with Crippen molar-refractivity contribution in [1.82, 2.24) is 34.9 Å². The molecule has 2 fully saturated rings. The topological polar surface area (TPSA) is 275 Å². The minimum absolute atomic E-state index is 0.248. The molecule has 11 rings (SSSR count). The van der Waals surface area contributed by atoms with E-state index in [0.717, 1.165) is 78.0 Å². The second-order valence-corrected chi connectivity index (χ2v) is 17.4. The van der Waals surface area contributed by atoms with Gasteiger partial charge in [-0.25, -0.2) is 9.97 Å². The van der Waals surface area contributed by atoms with Gasteiger partial charge in [-0.15, -0.1) is 0 Å². The van der Waals surface area contributed by atoms with Crippen LogP contribution < -0.4 is 4.74 Å². The van der Waals surface area contributed by atoms with E-state index in [0.29, 0.717) is 11.4 Å². The van der Waals surface area contributed by atoms with Crippen LogP contribution in [0.2, 0.25) is 0 Å². The smallest absolute Gasteiger partial charge is 0.229 e. The zero-order valence-electron chi connectivity index (χ0n) is 37.5. The van der Waals surface area contributed by atoms with E-state index in [1.54, 1.807) is 49.3 Å². The molecule has 10 heterocycles. The van der Waals surface area contributed by atoms with Crippen LogP contribution in [0.3, 0.4) is 0 Å². The lowest BCUT2D eigenvalue weighted by molar-refractivity contribution is -0.352. The highest BCUT2D eigenvalue weighted by Crippen LogP contribution is 2.39. The molecule has 6 aromatic heterocycles. The van der Waals surface area contributed by atoms with Gasteiger partial charge in [-0.3, -0.25) is 15.0 Å². The largest absolute Gasteiger partial charge is 0.462 e. The maximum Gasteiger partial charge on any atom is 0.229 e. The summed E-state index contributed by atoms with van der Waals surface area (Å²) in [6.45, 7) is -1.42. The summed E-state index contributed by atoms with van der Waals surface area (Å²) < 4.78 is 23.2. The number of nitrogens with one attached hydrogen (secondary N) is 2. The van der Waals surface area contributed by atoms with Crippen molar-refractivity contribution in [2.45, 2.75) is 61.4 Å². The van der Waals surface area contributed by atoms with Gasteiger partial charge in [-0.1, -0.05) is 12.1 Å². The molecule has 0 radical (unpaired) electrons. The molecule has 7 aromatic rings. The van der Waals surface area contributed by atoms with Crippen LogP contribution in [-0.4, -0.2) is 145 Å². The Balaban J connectivity index is 1.01. The first kappa shape index (κ1) is 46.1. The van der Waals surface area contributed by atoms with Crippen LogP contribution in [0.1, 0.15) is 22.8 Å². The molecular formula is C53H47N7O11. The van der Waals surface area contributed by atoms with Gasteiger partial charge in [-0.2, -0.15) is 0 Å². The molecule has 10 atom stereocenters. The predicted molar refractivity (Wildman–Crippen MR) is 261 cm³/mol. The molecule has 18 heteroatoms. The minimum Gasteiger partial charge on any atom is -0.462 e. The third kappa shape index (κ3) is 8.72. The van der Waals surface area contributed by atoms with Crippen molar-refractivity contribution in [1.29, 1.82) is 0 Å². The summed E-state index contributed by atoms with van der Waals surface area (Å²) in [5.41, 5.74) is 12.9. The molecule has 4 aliphatic rings. The molecule has 0 aliphatic carbocycles. The highest BCUT2D eigenvalue weighted by atomic mass is 16.7. The van der Waals surface area contributed by atoms with Crippen LogP contribution in [0, 0.1) is 0 Å². The number of aromatic amines is 2. The van der Waals surface area contributed by atoms with Gasteiger partial charge in [0.25, 0.3) is 0 Å². The van der Waals surface area contributed by atoms with E-state index in [4.69, 9.17) is 28.9 Å². The molecule has 4 aliphatic heterocycles. The number of H-pyrrole nitrogens is 2. The summed E-state index contributed by atoms with van der Waals surface area (Å²) in [6, 6.07) is 26.8. The quantitative estimate of drug-likeness (QED) is 0.0912. The summed E-state index contributed by atoms with van der Waals surface area (Å²) in [5.74, 6) is 0.248. The number of fused-ring (bicyclic) bond motifs is 8. The van der Waals surface area contributed by atoms with E-state index < -0.39 is 74.6 Å². The van der Waals surface area contributed by atoms with Crippen molar-refractivity contribution in [3.63, 3.8) is 0 Å². The Morgan fingerprint density at radius 2 is 0.803 bits per heavy atom. The van der Waals surface area contributed by atoms with Crippen LogP contribution >= 0.6 is 0 Å². The fraction of sp³-hybridized carbons (Fsp3) is 0.226. The van der Waals surface area contributed by atoms with E-state index in [1.165, 1.54) is 0 Å². The Kier molecular flexibility index (Phi) is 12.6. The lowest BCUT2D eigenvalue weighted by Gasteiger charge is -2.45.